The maximum Gasteiger partial charge on any atom is 0.194 e. The first-order valence-electron chi connectivity index (χ1n) is 7.46. The summed E-state index contributed by atoms with van der Waals surface area (Å²) in [6, 6.07) is 0. The molecule has 0 fully saturated rings. The van der Waals surface area contributed by atoms with Gasteiger partial charge in [-0.05, 0) is 25.8 Å². The quantitative estimate of drug-likeness (QED) is 0.419. The first-order valence-corrected chi connectivity index (χ1v) is 8.34. The Bertz CT molecular complexity index is 621. The molecule has 0 saturated heterocycles. The van der Waals surface area contributed by atoms with Crippen LogP contribution in [0.1, 0.15) is 23.2 Å². The van der Waals surface area contributed by atoms with E-state index in [2.05, 4.69) is 32.6 Å². The summed E-state index contributed by atoms with van der Waals surface area (Å²) in [6.07, 6.45) is 4.82. The molecule has 0 radical (unpaired) electrons. The Morgan fingerprint density at radius 2 is 2.26 bits per heavy atom. The fraction of sp³-hybridized carbons (Fsp3) is 0.533. The number of guanidine groups is 1. The highest BCUT2D eigenvalue weighted by atomic mass is 127. The van der Waals surface area contributed by atoms with Crippen molar-refractivity contribution in [3.63, 3.8) is 0 Å². The van der Waals surface area contributed by atoms with Crippen molar-refractivity contribution >= 4 is 41.3 Å². The van der Waals surface area contributed by atoms with E-state index in [0.29, 0.717) is 0 Å². The topological polar surface area (TPSA) is 58.3 Å². The molecule has 2 aromatic heterocycles. The van der Waals surface area contributed by atoms with E-state index in [0.717, 1.165) is 42.7 Å². The van der Waals surface area contributed by atoms with Crippen molar-refractivity contribution < 1.29 is 0 Å². The summed E-state index contributed by atoms with van der Waals surface area (Å²) in [5, 5.41) is 10.7. The van der Waals surface area contributed by atoms with Crippen LogP contribution in [0.4, 0.5) is 0 Å². The molecule has 0 atom stereocenters. The number of aromatic nitrogens is 3. The van der Waals surface area contributed by atoms with Gasteiger partial charge in [0.15, 0.2) is 5.96 Å². The van der Waals surface area contributed by atoms with Crippen molar-refractivity contribution in [1.82, 2.24) is 25.0 Å². The number of aryl methyl sites for hydroxylation is 2. The monoisotopic (exact) mass is 448 g/mol. The number of nitrogens with zero attached hydrogens (tertiary/aromatic N) is 5. The number of thiazole rings is 1. The van der Waals surface area contributed by atoms with Gasteiger partial charge < -0.3 is 10.2 Å². The van der Waals surface area contributed by atoms with Crippen molar-refractivity contribution in [2.45, 2.75) is 26.8 Å². The lowest BCUT2D eigenvalue weighted by molar-refractivity contribution is 0.471. The molecule has 0 aromatic carbocycles. The predicted octanol–water partition coefficient (Wildman–Crippen LogP) is 2.44. The number of halogens is 1. The fourth-order valence-electron chi connectivity index (χ4n) is 2.16. The van der Waals surface area contributed by atoms with Crippen LogP contribution < -0.4 is 5.32 Å². The Kier molecular flexibility index (Phi) is 8.53. The van der Waals surface area contributed by atoms with Crippen LogP contribution in [0.2, 0.25) is 0 Å². The zero-order valence-corrected chi connectivity index (χ0v) is 17.3. The average Bonchev–Trinajstić information content (AvgIpc) is 3.06. The third-order valence-electron chi connectivity index (χ3n) is 3.18. The molecule has 2 heterocycles. The van der Waals surface area contributed by atoms with Crippen molar-refractivity contribution in [2.24, 2.45) is 12.0 Å². The van der Waals surface area contributed by atoms with Gasteiger partial charge in [-0.25, -0.2) is 4.98 Å². The molecule has 0 aliphatic carbocycles. The summed E-state index contributed by atoms with van der Waals surface area (Å²) in [4.78, 5) is 11.3. The molecule has 0 spiro atoms. The van der Waals surface area contributed by atoms with Crippen LogP contribution >= 0.6 is 35.3 Å². The molecule has 0 amide bonds. The van der Waals surface area contributed by atoms with Crippen molar-refractivity contribution in [2.75, 3.05) is 20.1 Å². The molecule has 2 rings (SSSR count). The van der Waals surface area contributed by atoms with Crippen molar-refractivity contribution in [3.05, 3.63) is 34.0 Å². The molecule has 0 bridgehead atoms. The Labute approximate surface area is 159 Å². The molecule has 23 heavy (non-hydrogen) atoms. The van der Waals surface area contributed by atoms with Gasteiger partial charge in [0.2, 0.25) is 0 Å². The zero-order chi connectivity index (χ0) is 15.9. The third kappa shape index (κ3) is 6.46. The van der Waals surface area contributed by atoms with Gasteiger partial charge in [0.05, 0.1) is 23.4 Å². The van der Waals surface area contributed by atoms with Gasteiger partial charge in [-0.2, -0.15) is 5.10 Å². The van der Waals surface area contributed by atoms with Gasteiger partial charge in [0.1, 0.15) is 0 Å². The van der Waals surface area contributed by atoms with Crippen molar-refractivity contribution in [1.29, 1.82) is 0 Å². The first-order chi connectivity index (χ1) is 10.6. The maximum atomic E-state index is 4.69. The lowest BCUT2D eigenvalue weighted by atomic mass is 10.2. The van der Waals surface area contributed by atoms with E-state index in [1.54, 1.807) is 11.3 Å². The van der Waals surface area contributed by atoms with Crippen LogP contribution in [0, 0.1) is 6.92 Å². The van der Waals surface area contributed by atoms with E-state index in [4.69, 9.17) is 4.99 Å². The van der Waals surface area contributed by atoms with Crippen LogP contribution in [0.3, 0.4) is 0 Å². The summed E-state index contributed by atoms with van der Waals surface area (Å²) in [5.74, 6) is 0.914. The number of aliphatic imine (C=N–C) groups is 1. The lowest BCUT2D eigenvalue weighted by Crippen LogP contribution is -2.38. The molecule has 0 saturated carbocycles. The highest BCUT2D eigenvalue weighted by Gasteiger charge is 2.08. The van der Waals surface area contributed by atoms with Crippen LogP contribution in [-0.2, 0) is 20.0 Å². The van der Waals surface area contributed by atoms with Gasteiger partial charge in [-0.1, -0.05) is 0 Å². The van der Waals surface area contributed by atoms with Gasteiger partial charge in [-0.15, -0.1) is 35.3 Å². The molecule has 6 nitrogen and oxygen atoms in total. The van der Waals surface area contributed by atoms with Gasteiger partial charge in [0, 0.05) is 38.8 Å². The number of nitrogens with one attached hydrogen (secondary N) is 1. The van der Waals surface area contributed by atoms with E-state index in [1.165, 1.54) is 5.56 Å². The molecule has 128 valence electrons. The van der Waals surface area contributed by atoms with Gasteiger partial charge in [-0.3, -0.25) is 9.67 Å². The number of rotatable bonds is 6. The molecule has 1 N–H and O–H groups in total. The molecule has 0 aliphatic heterocycles. The second-order valence-electron chi connectivity index (χ2n) is 5.22. The highest BCUT2D eigenvalue weighted by molar-refractivity contribution is 14.0. The first kappa shape index (κ1) is 19.9. The largest absolute Gasteiger partial charge is 0.357 e. The van der Waals surface area contributed by atoms with E-state index in [9.17, 15) is 0 Å². The minimum atomic E-state index is 0. The third-order valence-corrected chi connectivity index (χ3v) is 4.00. The Morgan fingerprint density at radius 1 is 1.48 bits per heavy atom. The second-order valence-corrected chi connectivity index (χ2v) is 6.28. The standard InChI is InChI=1S/C15H24N6S.HI/c1-5-16-15(17-7-6-13-8-18-21(4)9-13)20(3)10-14-11-22-12(2)19-14;/h8-9,11H,5-7,10H2,1-4H3,(H,16,17);1H. The van der Waals surface area contributed by atoms with E-state index >= 15 is 0 Å². The Hall–Kier alpha value is -1.16. The second kappa shape index (κ2) is 9.86. The smallest absolute Gasteiger partial charge is 0.194 e. The minimum Gasteiger partial charge on any atom is -0.357 e. The zero-order valence-electron chi connectivity index (χ0n) is 14.1. The average molecular weight is 448 g/mol. The summed E-state index contributed by atoms with van der Waals surface area (Å²) in [5.41, 5.74) is 2.29. The molecule has 0 unspecified atom stereocenters. The van der Waals surface area contributed by atoms with Gasteiger partial charge >= 0.3 is 0 Å². The van der Waals surface area contributed by atoms with Crippen LogP contribution in [0.15, 0.2) is 22.8 Å². The summed E-state index contributed by atoms with van der Waals surface area (Å²) < 4.78 is 1.82. The summed E-state index contributed by atoms with van der Waals surface area (Å²) in [7, 11) is 3.97. The number of hydrogen-bond acceptors (Lipinski definition) is 4. The van der Waals surface area contributed by atoms with Crippen molar-refractivity contribution in [3.8, 4) is 0 Å². The minimum absolute atomic E-state index is 0. The Balaban J connectivity index is 0.00000264. The predicted molar refractivity (Wildman–Crippen MR) is 107 cm³/mol. The maximum absolute atomic E-state index is 4.69. The number of hydrogen-bond donors (Lipinski definition) is 1. The van der Waals surface area contributed by atoms with E-state index in [1.807, 2.05) is 38.1 Å². The molecule has 0 aliphatic rings. The Morgan fingerprint density at radius 3 is 2.83 bits per heavy atom. The molecule has 2 aromatic rings. The SMILES string of the molecule is CCNC(=NCCc1cnn(C)c1)N(C)Cc1csc(C)n1.I. The summed E-state index contributed by atoms with van der Waals surface area (Å²) >= 11 is 1.68. The molecule has 8 heteroatoms. The lowest BCUT2D eigenvalue weighted by Gasteiger charge is -2.21. The fourth-order valence-corrected chi connectivity index (χ4v) is 2.76. The van der Waals surface area contributed by atoms with Crippen LogP contribution in [0.5, 0.6) is 0 Å². The highest BCUT2D eigenvalue weighted by Crippen LogP contribution is 2.09. The van der Waals surface area contributed by atoms with Crippen LogP contribution in [-0.4, -0.2) is 45.8 Å². The van der Waals surface area contributed by atoms with Gasteiger partial charge in [0.25, 0.3) is 0 Å². The van der Waals surface area contributed by atoms with E-state index in [-0.39, 0.29) is 24.0 Å². The van der Waals surface area contributed by atoms with E-state index < -0.39 is 0 Å². The molecular weight excluding hydrogens is 423 g/mol. The normalized spacial score (nSPS) is 11.2. The van der Waals surface area contributed by atoms with Crippen LogP contribution in [0.25, 0.3) is 0 Å². The molecular formula is C15H25IN6S. The summed E-state index contributed by atoms with van der Waals surface area (Å²) in [6.45, 7) is 6.47.